The summed E-state index contributed by atoms with van der Waals surface area (Å²) in [7, 11) is 0. The highest BCUT2D eigenvalue weighted by Crippen LogP contribution is 2.70. The van der Waals surface area contributed by atoms with Gasteiger partial charge in [-0.3, -0.25) is 9.59 Å². The number of Topliss-reactive ketones (excluding diaryl/α,β-unsaturated/α-hetero) is 1. The van der Waals surface area contributed by atoms with Crippen molar-refractivity contribution >= 4 is 17.3 Å². The Morgan fingerprint density at radius 1 is 1.15 bits per heavy atom. The summed E-state index contributed by atoms with van der Waals surface area (Å²) in [6.07, 6.45) is 10.1. The summed E-state index contributed by atoms with van der Waals surface area (Å²) in [5, 5.41) is 9.66. The Labute approximate surface area is 233 Å². The van der Waals surface area contributed by atoms with Gasteiger partial charge in [0, 0.05) is 37.5 Å². The molecule has 1 heterocycles. The van der Waals surface area contributed by atoms with Crippen LogP contribution in [0.1, 0.15) is 90.0 Å². The third-order valence-electron chi connectivity index (χ3n) is 11.2. The third kappa shape index (κ3) is 4.07. The van der Waals surface area contributed by atoms with Gasteiger partial charge in [-0.05, 0) is 103 Å². The van der Waals surface area contributed by atoms with Crippen molar-refractivity contribution in [2.75, 3.05) is 24.6 Å². The Bertz CT molecular complexity index is 1290. The zero-order chi connectivity index (χ0) is 27.4. The largest absolute Gasteiger partial charge is 0.384 e. The molecular weight excluding hydrogens is 482 g/mol. The third-order valence-corrected chi connectivity index (χ3v) is 11.2. The summed E-state index contributed by atoms with van der Waals surface area (Å²) < 4.78 is 0. The van der Waals surface area contributed by atoms with Gasteiger partial charge in [0.2, 0.25) is 0 Å². The number of aliphatic hydroxyl groups is 1. The molecule has 206 valence electrons. The van der Waals surface area contributed by atoms with E-state index in [2.05, 4.69) is 54.9 Å². The predicted octanol–water partition coefficient (Wildman–Crippen LogP) is 6.39. The van der Waals surface area contributed by atoms with Crippen molar-refractivity contribution in [3.05, 3.63) is 52.6 Å². The van der Waals surface area contributed by atoms with Gasteiger partial charge in [-0.2, -0.15) is 0 Å². The molecule has 2 unspecified atom stereocenters. The molecule has 5 aliphatic rings. The summed E-state index contributed by atoms with van der Waals surface area (Å²) in [6, 6.07) is 9.26. The van der Waals surface area contributed by atoms with Crippen molar-refractivity contribution < 1.29 is 14.7 Å². The molecule has 0 radical (unpaired) electrons. The maximum Gasteiger partial charge on any atom is 0.156 e. The van der Waals surface area contributed by atoms with E-state index in [1.54, 1.807) is 5.57 Å². The number of allylic oxidation sites excluding steroid dienone is 4. The van der Waals surface area contributed by atoms with Crippen molar-refractivity contribution in [2.45, 2.75) is 84.5 Å². The van der Waals surface area contributed by atoms with Gasteiger partial charge in [0.05, 0.1) is 5.41 Å². The van der Waals surface area contributed by atoms with E-state index < -0.39 is 5.41 Å². The standard InChI is InChI=1S/C35H43NO3/c1-4-32(39)35(15-7-19-37)16-14-31-29-20-23(2)28-21-26(38)12-13-27(28)33(29)30(22-34(31,35)3)24-8-10-25(11-9-24)36-17-5-6-18-36/h8-11,21,23,29-31,37H,4-6,12-14,16-20,22H2,1-3H3/t23?,29-,30?,31-,34-,35+/m0/s1. The smallest absolute Gasteiger partial charge is 0.156 e. The number of benzene rings is 1. The predicted molar refractivity (Wildman–Crippen MR) is 155 cm³/mol. The van der Waals surface area contributed by atoms with E-state index >= 15 is 0 Å². The van der Waals surface area contributed by atoms with E-state index in [-0.39, 0.29) is 29.5 Å². The minimum atomic E-state index is -0.707. The maximum atomic E-state index is 13.8. The number of carbonyl (C=O) groups is 2. The maximum absolute atomic E-state index is 13.8. The lowest BCUT2D eigenvalue weighted by atomic mass is 9.47. The fourth-order valence-corrected chi connectivity index (χ4v) is 9.40. The SMILES string of the molecule is CCC(=O)[C@@]1(C#CCO)CC[C@H]2[C@@H]3CC(C)C4=CC(=O)CCC4=C3C(c3ccc(N4CCCC4)cc3)C[C@@]21C. The molecule has 3 fully saturated rings. The molecule has 6 rings (SSSR count). The number of aliphatic hydroxyl groups excluding tert-OH is 1. The number of anilines is 1. The van der Waals surface area contributed by atoms with Crippen molar-refractivity contribution in [2.24, 2.45) is 28.6 Å². The van der Waals surface area contributed by atoms with Crippen molar-refractivity contribution in [1.29, 1.82) is 0 Å². The van der Waals surface area contributed by atoms with E-state index in [9.17, 15) is 14.7 Å². The molecule has 39 heavy (non-hydrogen) atoms. The second-order valence-electron chi connectivity index (χ2n) is 13.0. The van der Waals surface area contributed by atoms with Crippen LogP contribution >= 0.6 is 0 Å². The number of carbonyl (C=O) groups excluding carboxylic acids is 2. The van der Waals surface area contributed by atoms with Crippen molar-refractivity contribution in [3.63, 3.8) is 0 Å². The van der Waals surface area contributed by atoms with Crippen molar-refractivity contribution in [3.8, 4) is 11.8 Å². The first kappa shape index (κ1) is 26.6. The van der Waals surface area contributed by atoms with Crippen LogP contribution in [-0.4, -0.2) is 36.4 Å². The normalized spacial score (nSPS) is 35.5. The second kappa shape index (κ2) is 10.1. The Morgan fingerprint density at radius 2 is 1.90 bits per heavy atom. The van der Waals surface area contributed by atoms with E-state index in [1.165, 1.54) is 35.2 Å². The van der Waals surface area contributed by atoms with Crippen LogP contribution in [0.2, 0.25) is 0 Å². The summed E-state index contributed by atoms with van der Waals surface area (Å²) in [4.78, 5) is 28.7. The zero-order valence-corrected chi connectivity index (χ0v) is 23.9. The number of ketones is 2. The Balaban J connectivity index is 1.51. The zero-order valence-electron chi connectivity index (χ0n) is 23.9. The van der Waals surface area contributed by atoms with Gasteiger partial charge in [0.1, 0.15) is 6.61 Å². The van der Waals surface area contributed by atoms with Gasteiger partial charge >= 0.3 is 0 Å². The molecule has 1 aromatic carbocycles. The average molecular weight is 526 g/mol. The molecule has 0 bridgehead atoms. The van der Waals surface area contributed by atoms with E-state index in [0.717, 1.165) is 45.2 Å². The van der Waals surface area contributed by atoms with Crippen LogP contribution in [0.3, 0.4) is 0 Å². The number of hydrogen-bond acceptors (Lipinski definition) is 4. The molecule has 0 aromatic heterocycles. The summed E-state index contributed by atoms with van der Waals surface area (Å²) >= 11 is 0. The van der Waals surface area contributed by atoms with Crippen LogP contribution in [0.5, 0.6) is 0 Å². The van der Waals surface area contributed by atoms with Crippen LogP contribution in [0.15, 0.2) is 47.1 Å². The quantitative estimate of drug-likeness (QED) is 0.463. The van der Waals surface area contributed by atoms with Crippen LogP contribution in [0.25, 0.3) is 0 Å². The fraction of sp³-hybridized carbons (Fsp3) is 0.600. The Hall–Kier alpha value is -2.64. The first-order valence-electron chi connectivity index (χ1n) is 15.3. The van der Waals surface area contributed by atoms with Gasteiger partial charge in [0.15, 0.2) is 11.6 Å². The highest BCUT2D eigenvalue weighted by Gasteiger charge is 2.65. The van der Waals surface area contributed by atoms with Gasteiger partial charge in [-0.1, -0.05) is 50.3 Å². The van der Waals surface area contributed by atoms with Crippen LogP contribution in [-0.2, 0) is 9.59 Å². The Morgan fingerprint density at radius 3 is 2.59 bits per heavy atom. The van der Waals surface area contributed by atoms with Crippen LogP contribution in [0, 0.1) is 40.4 Å². The monoisotopic (exact) mass is 525 g/mol. The molecule has 2 saturated carbocycles. The summed E-state index contributed by atoms with van der Waals surface area (Å²) in [6.45, 7) is 8.65. The number of rotatable bonds is 4. The summed E-state index contributed by atoms with van der Waals surface area (Å²) in [5.41, 5.74) is 5.93. The topological polar surface area (TPSA) is 57.6 Å². The minimum absolute atomic E-state index is 0.209. The first-order chi connectivity index (χ1) is 18.8. The molecule has 1 aliphatic heterocycles. The van der Waals surface area contributed by atoms with Gasteiger partial charge < -0.3 is 10.0 Å². The molecule has 1 aromatic rings. The lowest BCUT2D eigenvalue weighted by Gasteiger charge is -2.55. The van der Waals surface area contributed by atoms with E-state index in [0.29, 0.717) is 30.6 Å². The van der Waals surface area contributed by atoms with E-state index in [4.69, 9.17) is 0 Å². The molecule has 6 atom stereocenters. The minimum Gasteiger partial charge on any atom is -0.384 e. The second-order valence-corrected chi connectivity index (χ2v) is 13.0. The molecule has 4 nitrogen and oxygen atoms in total. The highest BCUT2D eigenvalue weighted by atomic mass is 16.2. The summed E-state index contributed by atoms with van der Waals surface area (Å²) in [5.74, 6) is 8.17. The number of hydrogen-bond donors (Lipinski definition) is 1. The lowest BCUT2D eigenvalue weighted by Crippen LogP contribution is -2.51. The van der Waals surface area contributed by atoms with Crippen LogP contribution < -0.4 is 4.90 Å². The average Bonchev–Trinajstić information content (AvgIpc) is 3.58. The molecule has 1 saturated heterocycles. The lowest BCUT2D eigenvalue weighted by molar-refractivity contribution is -0.132. The highest BCUT2D eigenvalue weighted by molar-refractivity contribution is 5.93. The van der Waals surface area contributed by atoms with Gasteiger partial charge in [0.25, 0.3) is 0 Å². The number of fused-ring (bicyclic) bond motifs is 4. The first-order valence-corrected chi connectivity index (χ1v) is 15.3. The van der Waals surface area contributed by atoms with Crippen molar-refractivity contribution in [1.82, 2.24) is 0 Å². The van der Waals surface area contributed by atoms with Gasteiger partial charge in [-0.15, -0.1) is 0 Å². The fourth-order valence-electron chi connectivity index (χ4n) is 9.40. The molecule has 1 N–H and O–H groups in total. The molecule has 0 spiro atoms. The van der Waals surface area contributed by atoms with E-state index in [1.807, 2.05) is 13.0 Å². The molecule has 4 aliphatic carbocycles. The molecule has 0 amide bonds. The molecular formula is C35H43NO3. The van der Waals surface area contributed by atoms with Gasteiger partial charge in [-0.25, -0.2) is 0 Å². The van der Waals surface area contributed by atoms with Crippen LogP contribution in [0.4, 0.5) is 5.69 Å². The number of nitrogens with zero attached hydrogens (tertiary/aromatic N) is 1. The molecule has 4 heteroatoms. The Kier molecular flexibility index (Phi) is 6.87.